The van der Waals surface area contributed by atoms with Crippen molar-refractivity contribution in [1.29, 1.82) is 0 Å². The highest BCUT2D eigenvalue weighted by atomic mass is 28.3. The molecule has 0 aliphatic rings. The van der Waals surface area contributed by atoms with Crippen molar-refractivity contribution < 1.29 is 0 Å². The number of aromatic nitrogens is 3. The molecule has 0 aliphatic carbocycles. The van der Waals surface area contributed by atoms with Crippen molar-refractivity contribution in [3.63, 3.8) is 0 Å². The fraction of sp³-hybridized carbons (Fsp3) is 0. The van der Waals surface area contributed by atoms with Crippen LogP contribution in [0.1, 0.15) is 0 Å². The van der Waals surface area contributed by atoms with Crippen molar-refractivity contribution in [2.45, 2.75) is 0 Å². The minimum absolute atomic E-state index is 1.14. The van der Waals surface area contributed by atoms with Crippen LogP contribution in [0, 0.1) is 0 Å². The van der Waals surface area contributed by atoms with E-state index in [0.29, 0.717) is 0 Å². The number of rotatable bonds is 7. The Balaban J connectivity index is 1.04. The normalized spacial score (nSPS) is 12.1. The number of hydrogen-bond donors (Lipinski definition) is 0. The standard InChI is InChI=1S/C60H41N3Si/c1-5-20-42(21-6-1)61-55-33-16-14-31-50(55)53-41-60-54(40-59(53)61)51-32-15-18-35-57(51)63(60)44-36-37-58-52(39-44)49-30-13-17-34-56(49)62(58)43-22-19-29-48(38-43)64(45-23-7-2-8-24-45,46-25-9-3-10-26-46)47-27-11-4-12-28-47/h1-41H. The maximum absolute atomic E-state index is 2.75. The van der Waals surface area contributed by atoms with Gasteiger partial charge in [-0.1, -0.05) is 176 Å². The summed E-state index contributed by atoms with van der Waals surface area (Å²) in [6.07, 6.45) is 0. The van der Waals surface area contributed by atoms with Gasteiger partial charge in [0.2, 0.25) is 0 Å². The highest BCUT2D eigenvalue weighted by molar-refractivity contribution is 7.19. The van der Waals surface area contributed by atoms with Gasteiger partial charge in [0.25, 0.3) is 0 Å². The largest absolute Gasteiger partial charge is 0.309 e. The van der Waals surface area contributed by atoms with Crippen molar-refractivity contribution in [1.82, 2.24) is 13.7 Å². The molecule has 0 unspecified atom stereocenters. The van der Waals surface area contributed by atoms with Crippen molar-refractivity contribution in [2.75, 3.05) is 0 Å². The molecule has 13 rings (SSSR count). The van der Waals surface area contributed by atoms with E-state index in [1.165, 1.54) is 86.2 Å². The third-order valence-corrected chi connectivity index (χ3v) is 18.3. The molecule has 0 N–H and O–H groups in total. The summed E-state index contributed by atoms with van der Waals surface area (Å²) in [4.78, 5) is 0. The lowest BCUT2D eigenvalue weighted by molar-refractivity contribution is 1.17. The highest BCUT2D eigenvalue weighted by Crippen LogP contribution is 2.41. The number of benzene rings is 10. The molecule has 3 heterocycles. The smallest absolute Gasteiger partial charge is 0.179 e. The lowest BCUT2D eigenvalue weighted by atomic mass is 10.1. The molecular formula is C60H41N3Si. The van der Waals surface area contributed by atoms with Gasteiger partial charge in [0, 0.05) is 49.4 Å². The Morgan fingerprint density at radius 1 is 0.203 bits per heavy atom. The quantitative estimate of drug-likeness (QED) is 0.112. The molecule has 4 heteroatoms. The Bertz CT molecular complexity index is 3790. The molecule has 3 aromatic heterocycles. The molecule has 0 aliphatic heterocycles. The number of nitrogens with zero attached hydrogens (tertiary/aromatic N) is 3. The molecule has 0 fully saturated rings. The predicted molar refractivity (Wildman–Crippen MR) is 273 cm³/mol. The number of para-hydroxylation sites is 4. The van der Waals surface area contributed by atoms with Gasteiger partial charge >= 0.3 is 0 Å². The maximum atomic E-state index is 2.48. The fourth-order valence-electron chi connectivity index (χ4n) is 10.9. The summed E-state index contributed by atoms with van der Waals surface area (Å²) in [5, 5.41) is 12.9. The van der Waals surface area contributed by atoms with Crippen molar-refractivity contribution >= 4 is 94.2 Å². The Labute approximate surface area is 372 Å². The topological polar surface area (TPSA) is 14.8 Å². The highest BCUT2D eigenvalue weighted by Gasteiger charge is 2.41. The molecular weight excluding hydrogens is 791 g/mol. The van der Waals surface area contributed by atoms with Crippen LogP contribution in [0.2, 0.25) is 0 Å². The van der Waals surface area contributed by atoms with Crippen molar-refractivity contribution in [3.05, 3.63) is 249 Å². The average Bonchev–Trinajstić information content (AvgIpc) is 4.00. The second-order valence-electron chi connectivity index (χ2n) is 16.9. The van der Waals surface area contributed by atoms with Crippen LogP contribution in [-0.4, -0.2) is 21.8 Å². The molecule has 0 bridgehead atoms. The average molecular weight is 832 g/mol. The lowest BCUT2D eigenvalue weighted by Gasteiger charge is -2.34. The predicted octanol–water partition coefficient (Wildman–Crippen LogP) is 12.4. The van der Waals surface area contributed by atoms with E-state index in [2.05, 4.69) is 262 Å². The number of fused-ring (bicyclic) bond motifs is 9. The monoisotopic (exact) mass is 831 g/mol. The summed E-state index contributed by atoms with van der Waals surface area (Å²) in [5.74, 6) is 0. The second kappa shape index (κ2) is 14.5. The molecule has 13 aromatic rings. The first kappa shape index (κ1) is 36.5. The van der Waals surface area contributed by atoms with Crippen LogP contribution in [0.3, 0.4) is 0 Å². The van der Waals surface area contributed by atoms with E-state index in [-0.39, 0.29) is 0 Å². The first-order valence-corrected chi connectivity index (χ1v) is 24.1. The van der Waals surface area contributed by atoms with Crippen LogP contribution < -0.4 is 20.7 Å². The van der Waals surface area contributed by atoms with E-state index >= 15 is 0 Å². The van der Waals surface area contributed by atoms with E-state index in [0.717, 1.165) is 17.1 Å². The van der Waals surface area contributed by atoms with Gasteiger partial charge in [0.1, 0.15) is 0 Å². The number of hydrogen-bond acceptors (Lipinski definition) is 0. The van der Waals surface area contributed by atoms with E-state index in [1.807, 2.05) is 0 Å². The first-order valence-electron chi connectivity index (χ1n) is 22.1. The molecule has 0 atom stereocenters. The minimum atomic E-state index is -2.75. The molecule has 300 valence electrons. The Morgan fingerprint density at radius 3 is 1.05 bits per heavy atom. The van der Waals surface area contributed by atoms with Gasteiger partial charge in [-0.25, -0.2) is 0 Å². The summed E-state index contributed by atoms with van der Waals surface area (Å²) in [6.45, 7) is 0. The fourth-order valence-corrected chi connectivity index (χ4v) is 15.7. The van der Waals surface area contributed by atoms with Crippen LogP contribution in [0.4, 0.5) is 0 Å². The van der Waals surface area contributed by atoms with Gasteiger partial charge in [-0.3, -0.25) is 0 Å². The molecule has 0 radical (unpaired) electrons. The van der Waals surface area contributed by atoms with Crippen LogP contribution in [0.25, 0.3) is 82.5 Å². The molecule has 0 saturated carbocycles. The summed E-state index contributed by atoms with van der Waals surface area (Å²) < 4.78 is 7.37. The van der Waals surface area contributed by atoms with Crippen molar-refractivity contribution in [3.8, 4) is 17.1 Å². The van der Waals surface area contributed by atoms with Crippen LogP contribution in [0.5, 0.6) is 0 Å². The van der Waals surface area contributed by atoms with Gasteiger partial charge in [-0.2, -0.15) is 0 Å². The lowest BCUT2D eigenvalue weighted by Crippen LogP contribution is -2.74. The Morgan fingerprint density at radius 2 is 0.547 bits per heavy atom. The zero-order valence-electron chi connectivity index (χ0n) is 35.0. The SMILES string of the molecule is c1ccc(-n2c3ccccc3c3cc4c(cc32)c2ccccc2n4-c2ccc3c(c2)c2ccccc2n3-c2cccc([Si](c3ccccc3)(c3ccccc3)c3ccccc3)c2)cc1. The molecule has 64 heavy (non-hydrogen) atoms. The van der Waals surface area contributed by atoms with Gasteiger partial charge < -0.3 is 13.7 Å². The van der Waals surface area contributed by atoms with E-state index < -0.39 is 8.07 Å². The van der Waals surface area contributed by atoms with Crippen molar-refractivity contribution in [2.24, 2.45) is 0 Å². The summed E-state index contributed by atoms with van der Waals surface area (Å²) in [5.41, 5.74) is 10.7. The van der Waals surface area contributed by atoms with Crippen LogP contribution in [0.15, 0.2) is 249 Å². The summed E-state index contributed by atoms with van der Waals surface area (Å²) >= 11 is 0. The first-order chi connectivity index (χ1) is 31.8. The molecule has 0 saturated heterocycles. The zero-order chi connectivity index (χ0) is 42.2. The van der Waals surface area contributed by atoms with Crippen LogP contribution in [-0.2, 0) is 0 Å². The van der Waals surface area contributed by atoms with Crippen LogP contribution >= 0.6 is 0 Å². The Kier molecular flexibility index (Phi) is 8.23. The van der Waals surface area contributed by atoms with E-state index in [9.17, 15) is 0 Å². The second-order valence-corrected chi connectivity index (χ2v) is 20.7. The third kappa shape index (κ3) is 5.33. The molecule has 0 amide bonds. The van der Waals surface area contributed by atoms with Gasteiger partial charge in [0.15, 0.2) is 8.07 Å². The van der Waals surface area contributed by atoms with E-state index in [1.54, 1.807) is 0 Å². The third-order valence-electron chi connectivity index (χ3n) is 13.6. The molecule has 3 nitrogen and oxygen atoms in total. The van der Waals surface area contributed by atoms with E-state index in [4.69, 9.17) is 0 Å². The minimum Gasteiger partial charge on any atom is -0.309 e. The molecule has 0 spiro atoms. The summed E-state index contributed by atoms with van der Waals surface area (Å²) in [7, 11) is -2.75. The summed E-state index contributed by atoms with van der Waals surface area (Å²) in [6, 6.07) is 92.2. The van der Waals surface area contributed by atoms with Gasteiger partial charge in [0.05, 0.1) is 33.1 Å². The van der Waals surface area contributed by atoms with Gasteiger partial charge in [-0.15, -0.1) is 0 Å². The Hall–Kier alpha value is -8.18. The molecule has 10 aromatic carbocycles. The van der Waals surface area contributed by atoms with Gasteiger partial charge in [-0.05, 0) is 93.5 Å². The maximum Gasteiger partial charge on any atom is 0.179 e. The zero-order valence-corrected chi connectivity index (χ0v) is 36.0.